The maximum Gasteiger partial charge on any atom is 0.0558 e. The van der Waals surface area contributed by atoms with Crippen LogP contribution in [-0.4, -0.2) is 42.3 Å². The summed E-state index contributed by atoms with van der Waals surface area (Å²) in [5, 5.41) is 9.13. The first kappa shape index (κ1) is 15.9. The van der Waals surface area contributed by atoms with Crippen LogP contribution in [0.2, 0.25) is 0 Å². The van der Waals surface area contributed by atoms with Crippen molar-refractivity contribution in [1.82, 2.24) is 4.90 Å². The molecule has 0 rings (SSSR count). The summed E-state index contributed by atoms with van der Waals surface area (Å²) in [6.07, 6.45) is 2.29. The lowest BCUT2D eigenvalue weighted by Gasteiger charge is -2.34. The fourth-order valence-electron chi connectivity index (χ4n) is 2.22. The molecule has 1 atom stereocenters. The molecule has 16 heavy (non-hydrogen) atoms. The first-order chi connectivity index (χ1) is 7.60. The zero-order chi connectivity index (χ0) is 12.6. The predicted molar refractivity (Wildman–Crippen MR) is 70.4 cm³/mol. The normalized spacial score (nSPS) is 14.1. The minimum Gasteiger partial charge on any atom is -0.395 e. The smallest absolute Gasteiger partial charge is 0.0558 e. The molecule has 0 fully saturated rings. The predicted octanol–water partition coefficient (Wildman–Crippen LogP) is 1.70. The summed E-state index contributed by atoms with van der Waals surface area (Å²) in [4.78, 5) is 2.40. The molecule has 0 radical (unpaired) electrons. The number of rotatable bonds is 9. The van der Waals surface area contributed by atoms with Crippen molar-refractivity contribution >= 4 is 0 Å². The van der Waals surface area contributed by atoms with Crippen molar-refractivity contribution in [2.45, 2.75) is 46.6 Å². The third-order valence-electron chi connectivity index (χ3n) is 3.56. The average Bonchev–Trinajstić information content (AvgIpc) is 2.26. The highest BCUT2D eigenvalue weighted by molar-refractivity contribution is 4.75. The van der Waals surface area contributed by atoms with Crippen LogP contribution in [0.1, 0.15) is 40.5 Å². The second-order valence-electron chi connectivity index (χ2n) is 4.93. The molecule has 0 aliphatic rings. The standard InChI is InChI=1S/C13H30N2O/c1-5-13(6-2)15(7-8-16)10-12(9-14)11(3)4/h11-13,16H,5-10,14H2,1-4H3. The molecule has 3 N–H and O–H groups in total. The van der Waals surface area contributed by atoms with E-state index in [2.05, 4.69) is 32.6 Å². The quantitative estimate of drug-likeness (QED) is 0.634. The second-order valence-corrected chi connectivity index (χ2v) is 4.93. The van der Waals surface area contributed by atoms with Gasteiger partial charge in [0.25, 0.3) is 0 Å². The number of hydrogen-bond acceptors (Lipinski definition) is 3. The minimum atomic E-state index is 0.242. The van der Waals surface area contributed by atoms with Gasteiger partial charge < -0.3 is 10.8 Å². The van der Waals surface area contributed by atoms with E-state index in [1.807, 2.05) is 0 Å². The SMILES string of the molecule is CCC(CC)N(CCO)CC(CN)C(C)C. The summed E-state index contributed by atoms with van der Waals surface area (Å²) in [5.74, 6) is 1.15. The molecule has 0 bridgehead atoms. The highest BCUT2D eigenvalue weighted by Gasteiger charge is 2.20. The Bertz CT molecular complexity index is 155. The number of hydrogen-bond donors (Lipinski definition) is 2. The number of aliphatic hydroxyl groups is 1. The summed E-state index contributed by atoms with van der Waals surface area (Å²) < 4.78 is 0. The van der Waals surface area contributed by atoms with E-state index in [-0.39, 0.29) is 6.61 Å². The van der Waals surface area contributed by atoms with Crippen LogP contribution in [0.15, 0.2) is 0 Å². The Labute approximate surface area is 101 Å². The molecule has 0 aromatic carbocycles. The van der Waals surface area contributed by atoms with Gasteiger partial charge in [-0.05, 0) is 31.2 Å². The summed E-state index contributed by atoms with van der Waals surface area (Å²) in [7, 11) is 0. The van der Waals surface area contributed by atoms with E-state index in [9.17, 15) is 0 Å². The van der Waals surface area contributed by atoms with Crippen molar-refractivity contribution in [3.8, 4) is 0 Å². The van der Waals surface area contributed by atoms with Crippen LogP contribution in [0.5, 0.6) is 0 Å². The van der Waals surface area contributed by atoms with Gasteiger partial charge >= 0.3 is 0 Å². The average molecular weight is 230 g/mol. The van der Waals surface area contributed by atoms with Gasteiger partial charge in [-0.25, -0.2) is 0 Å². The maximum absolute atomic E-state index is 9.13. The van der Waals surface area contributed by atoms with Crippen molar-refractivity contribution in [3.05, 3.63) is 0 Å². The van der Waals surface area contributed by atoms with Crippen molar-refractivity contribution in [2.24, 2.45) is 17.6 Å². The number of aliphatic hydroxyl groups excluding tert-OH is 1. The zero-order valence-electron chi connectivity index (χ0n) is 11.4. The Hall–Kier alpha value is -0.120. The van der Waals surface area contributed by atoms with E-state index in [1.54, 1.807) is 0 Å². The molecule has 0 aromatic rings. The van der Waals surface area contributed by atoms with Crippen LogP contribution in [0.25, 0.3) is 0 Å². The number of nitrogens with two attached hydrogens (primary N) is 1. The molecule has 0 saturated heterocycles. The highest BCUT2D eigenvalue weighted by Crippen LogP contribution is 2.15. The molecule has 0 spiro atoms. The molecular weight excluding hydrogens is 200 g/mol. The molecular formula is C13H30N2O. The molecule has 1 unspecified atom stereocenters. The van der Waals surface area contributed by atoms with Gasteiger partial charge in [-0.15, -0.1) is 0 Å². The van der Waals surface area contributed by atoms with E-state index in [4.69, 9.17) is 10.8 Å². The van der Waals surface area contributed by atoms with Gasteiger partial charge in [0.1, 0.15) is 0 Å². The van der Waals surface area contributed by atoms with Gasteiger partial charge in [0.05, 0.1) is 6.61 Å². The summed E-state index contributed by atoms with van der Waals surface area (Å²) in [5.41, 5.74) is 5.81. The van der Waals surface area contributed by atoms with Gasteiger partial charge in [-0.3, -0.25) is 4.90 Å². The Morgan fingerprint density at radius 3 is 2.06 bits per heavy atom. The largest absolute Gasteiger partial charge is 0.395 e. The lowest BCUT2D eigenvalue weighted by atomic mass is 9.94. The Balaban J connectivity index is 4.39. The monoisotopic (exact) mass is 230 g/mol. The van der Waals surface area contributed by atoms with Gasteiger partial charge in [-0.1, -0.05) is 27.7 Å². The molecule has 0 aromatic heterocycles. The molecule has 0 heterocycles. The van der Waals surface area contributed by atoms with E-state index in [1.165, 1.54) is 0 Å². The van der Waals surface area contributed by atoms with Crippen LogP contribution >= 0.6 is 0 Å². The molecule has 0 aliphatic heterocycles. The summed E-state index contributed by atoms with van der Waals surface area (Å²) >= 11 is 0. The Morgan fingerprint density at radius 1 is 1.19 bits per heavy atom. The van der Waals surface area contributed by atoms with Crippen LogP contribution in [-0.2, 0) is 0 Å². The zero-order valence-corrected chi connectivity index (χ0v) is 11.4. The molecule has 0 saturated carbocycles. The molecule has 3 heteroatoms. The molecule has 0 amide bonds. The highest BCUT2D eigenvalue weighted by atomic mass is 16.3. The van der Waals surface area contributed by atoms with Crippen molar-refractivity contribution in [3.63, 3.8) is 0 Å². The van der Waals surface area contributed by atoms with Crippen molar-refractivity contribution in [1.29, 1.82) is 0 Å². The third kappa shape index (κ3) is 5.28. The minimum absolute atomic E-state index is 0.242. The fraction of sp³-hybridized carbons (Fsp3) is 1.00. The second kappa shape index (κ2) is 8.97. The lowest BCUT2D eigenvalue weighted by Crippen LogP contribution is -2.42. The van der Waals surface area contributed by atoms with E-state index >= 15 is 0 Å². The van der Waals surface area contributed by atoms with Crippen molar-refractivity contribution in [2.75, 3.05) is 26.2 Å². The Morgan fingerprint density at radius 2 is 1.75 bits per heavy atom. The first-order valence-corrected chi connectivity index (χ1v) is 6.65. The molecule has 98 valence electrons. The lowest BCUT2D eigenvalue weighted by molar-refractivity contribution is 0.114. The number of nitrogens with zero attached hydrogens (tertiary/aromatic N) is 1. The van der Waals surface area contributed by atoms with Gasteiger partial charge in [0, 0.05) is 19.1 Å². The topological polar surface area (TPSA) is 49.5 Å². The van der Waals surface area contributed by atoms with Crippen LogP contribution in [0, 0.1) is 11.8 Å². The maximum atomic E-state index is 9.13. The van der Waals surface area contributed by atoms with Crippen molar-refractivity contribution < 1.29 is 5.11 Å². The molecule has 0 aliphatic carbocycles. The summed E-state index contributed by atoms with van der Waals surface area (Å²) in [6.45, 7) is 11.6. The van der Waals surface area contributed by atoms with Crippen LogP contribution in [0.3, 0.4) is 0 Å². The van der Waals surface area contributed by atoms with E-state index in [0.29, 0.717) is 17.9 Å². The van der Waals surface area contributed by atoms with E-state index in [0.717, 1.165) is 32.5 Å². The summed E-state index contributed by atoms with van der Waals surface area (Å²) in [6, 6.07) is 0.583. The molecule has 3 nitrogen and oxygen atoms in total. The van der Waals surface area contributed by atoms with Gasteiger partial charge in [0.15, 0.2) is 0 Å². The van der Waals surface area contributed by atoms with Gasteiger partial charge in [-0.2, -0.15) is 0 Å². The van der Waals surface area contributed by atoms with Crippen LogP contribution in [0.4, 0.5) is 0 Å². The first-order valence-electron chi connectivity index (χ1n) is 6.65. The van der Waals surface area contributed by atoms with E-state index < -0.39 is 0 Å². The third-order valence-corrected chi connectivity index (χ3v) is 3.56. The van der Waals surface area contributed by atoms with Gasteiger partial charge in [0.2, 0.25) is 0 Å². The van der Waals surface area contributed by atoms with Crippen LogP contribution < -0.4 is 5.73 Å². The fourth-order valence-corrected chi connectivity index (χ4v) is 2.22. The Kier molecular flexibility index (Phi) is 8.90.